The van der Waals surface area contributed by atoms with Gasteiger partial charge in [0.15, 0.2) is 0 Å². The number of aliphatic imine (C=N–C) groups is 1. The summed E-state index contributed by atoms with van der Waals surface area (Å²) in [5.41, 5.74) is 4.29. The average molecular weight is 195 g/mol. The van der Waals surface area contributed by atoms with Crippen LogP contribution in [0.5, 0.6) is 0 Å². The Morgan fingerprint density at radius 3 is 2.57 bits per heavy atom. The number of nitrogens with two attached hydrogens (primary N) is 1. The molecule has 14 heavy (non-hydrogen) atoms. The third-order valence-corrected chi connectivity index (χ3v) is 1.67. The lowest BCUT2D eigenvalue weighted by Crippen LogP contribution is -2.33. The van der Waals surface area contributed by atoms with E-state index in [0.29, 0.717) is 5.84 Å². The van der Waals surface area contributed by atoms with Gasteiger partial charge in [-0.15, -0.1) is 0 Å². The molecule has 0 saturated carbocycles. The van der Waals surface area contributed by atoms with E-state index in [2.05, 4.69) is 20.6 Å². The molecule has 1 rings (SSSR count). The molecule has 1 aromatic rings. The Kier molecular flexibility index (Phi) is 2.90. The molecule has 0 aliphatic heterocycles. The van der Waals surface area contributed by atoms with Crippen molar-refractivity contribution >= 4 is 5.84 Å². The molecule has 0 spiro atoms. The number of hydrazine groups is 1. The highest BCUT2D eigenvalue weighted by Crippen LogP contribution is 2.10. The lowest BCUT2D eigenvalue weighted by Gasteiger charge is -2.15. The highest BCUT2D eigenvalue weighted by molar-refractivity contribution is 5.99. The van der Waals surface area contributed by atoms with Crippen LogP contribution in [0.4, 0.5) is 0 Å². The molecule has 1 aromatic heterocycles. The zero-order chi connectivity index (χ0) is 10.8. The molecule has 0 fully saturated rings. The van der Waals surface area contributed by atoms with Crippen LogP contribution in [-0.2, 0) is 0 Å². The average Bonchev–Trinajstić information content (AvgIpc) is 2.45. The Labute approximate surface area is 83.8 Å². The minimum Gasteiger partial charge on any atom is -0.308 e. The topological polar surface area (TPSA) is 79.1 Å². The second-order valence-corrected chi connectivity index (χ2v) is 4.18. The van der Waals surface area contributed by atoms with Crippen LogP contribution in [0.25, 0.3) is 0 Å². The van der Waals surface area contributed by atoms with E-state index in [4.69, 9.17) is 5.84 Å². The minimum absolute atomic E-state index is 0.161. The molecule has 0 radical (unpaired) electrons. The molecule has 1 heterocycles. The van der Waals surface area contributed by atoms with Gasteiger partial charge >= 0.3 is 0 Å². The zero-order valence-corrected chi connectivity index (χ0v) is 9.05. The van der Waals surface area contributed by atoms with Crippen LogP contribution in [0.15, 0.2) is 11.2 Å². The summed E-state index contributed by atoms with van der Waals surface area (Å²) in [4.78, 5) is 4.45. The van der Waals surface area contributed by atoms with Gasteiger partial charge in [0.05, 0.1) is 17.3 Å². The van der Waals surface area contributed by atoms with Gasteiger partial charge in [0.1, 0.15) is 5.84 Å². The van der Waals surface area contributed by atoms with Crippen molar-refractivity contribution in [2.45, 2.75) is 33.2 Å². The van der Waals surface area contributed by atoms with Crippen LogP contribution in [0, 0.1) is 6.92 Å². The first kappa shape index (κ1) is 10.7. The molecule has 0 atom stereocenters. The van der Waals surface area contributed by atoms with Crippen molar-refractivity contribution in [3.63, 3.8) is 0 Å². The fourth-order valence-corrected chi connectivity index (χ4v) is 1.10. The molecular weight excluding hydrogens is 178 g/mol. The van der Waals surface area contributed by atoms with Gasteiger partial charge in [-0.2, -0.15) is 5.10 Å². The molecule has 0 aromatic carbocycles. The summed E-state index contributed by atoms with van der Waals surface area (Å²) < 4.78 is 0. The molecule has 0 bridgehead atoms. The van der Waals surface area contributed by atoms with E-state index < -0.39 is 0 Å². The van der Waals surface area contributed by atoms with Crippen LogP contribution in [0.2, 0.25) is 0 Å². The number of rotatable bonds is 1. The van der Waals surface area contributed by atoms with Crippen molar-refractivity contribution in [3.8, 4) is 0 Å². The van der Waals surface area contributed by atoms with Crippen LogP contribution in [0.3, 0.4) is 0 Å². The van der Waals surface area contributed by atoms with Crippen molar-refractivity contribution in [1.29, 1.82) is 0 Å². The van der Waals surface area contributed by atoms with Crippen molar-refractivity contribution < 1.29 is 0 Å². The number of aromatic amines is 1. The lowest BCUT2D eigenvalue weighted by molar-refractivity contribution is 0.580. The number of hydrogen-bond acceptors (Lipinski definition) is 3. The number of nitrogens with zero attached hydrogens (tertiary/aromatic N) is 2. The fraction of sp³-hybridized carbons (Fsp3) is 0.556. The van der Waals surface area contributed by atoms with Crippen LogP contribution in [-0.4, -0.2) is 21.6 Å². The molecule has 0 unspecified atom stereocenters. The number of H-pyrrole nitrogens is 1. The number of amidine groups is 1. The monoisotopic (exact) mass is 195 g/mol. The van der Waals surface area contributed by atoms with E-state index in [0.717, 1.165) is 11.3 Å². The second kappa shape index (κ2) is 3.79. The van der Waals surface area contributed by atoms with E-state index in [1.807, 2.05) is 27.7 Å². The van der Waals surface area contributed by atoms with E-state index in [-0.39, 0.29) is 5.54 Å². The van der Waals surface area contributed by atoms with E-state index in [9.17, 15) is 0 Å². The fourth-order valence-electron chi connectivity index (χ4n) is 1.10. The van der Waals surface area contributed by atoms with Gasteiger partial charge in [-0.05, 0) is 27.7 Å². The Morgan fingerprint density at radius 1 is 1.57 bits per heavy atom. The standard InChI is InChI=1S/C9H17N5/c1-6-7(5-11-14-6)8(13-10)12-9(2,3)4/h5H,10H2,1-4H3,(H,11,14)(H,12,13). The highest BCUT2D eigenvalue weighted by atomic mass is 15.3. The smallest absolute Gasteiger partial charge is 0.146 e. The molecule has 0 amide bonds. The zero-order valence-electron chi connectivity index (χ0n) is 9.05. The van der Waals surface area contributed by atoms with Crippen molar-refractivity contribution in [2.24, 2.45) is 10.8 Å². The Balaban J connectivity index is 3.05. The van der Waals surface area contributed by atoms with Crippen LogP contribution < -0.4 is 11.3 Å². The molecule has 0 aliphatic carbocycles. The normalized spacial score (nSPS) is 13.1. The number of nitrogens with one attached hydrogen (secondary N) is 2. The van der Waals surface area contributed by atoms with Gasteiger partial charge in [-0.1, -0.05) is 0 Å². The Bertz CT molecular complexity index is 331. The predicted octanol–water partition coefficient (Wildman–Crippen LogP) is 0.727. The van der Waals surface area contributed by atoms with Gasteiger partial charge in [0.2, 0.25) is 0 Å². The molecular formula is C9H17N5. The molecule has 78 valence electrons. The maximum absolute atomic E-state index is 5.42. The molecule has 4 N–H and O–H groups in total. The van der Waals surface area contributed by atoms with E-state index in [1.54, 1.807) is 6.20 Å². The Morgan fingerprint density at radius 2 is 2.21 bits per heavy atom. The van der Waals surface area contributed by atoms with E-state index >= 15 is 0 Å². The summed E-state index contributed by atoms with van der Waals surface area (Å²) >= 11 is 0. The molecule has 0 aliphatic rings. The summed E-state index contributed by atoms with van der Waals surface area (Å²) in [7, 11) is 0. The molecule has 0 saturated heterocycles. The SMILES string of the molecule is Cc1[nH]ncc1C(=NC(C)(C)C)NN. The maximum atomic E-state index is 5.42. The summed E-state index contributed by atoms with van der Waals surface area (Å²) in [5, 5.41) is 6.76. The first-order chi connectivity index (χ1) is 6.44. The third kappa shape index (κ3) is 2.56. The van der Waals surface area contributed by atoms with Gasteiger partial charge in [-0.25, -0.2) is 5.84 Å². The van der Waals surface area contributed by atoms with Crippen LogP contribution >= 0.6 is 0 Å². The van der Waals surface area contributed by atoms with Crippen molar-refractivity contribution in [3.05, 3.63) is 17.5 Å². The Hall–Kier alpha value is -1.36. The minimum atomic E-state index is -0.161. The predicted molar refractivity (Wildman–Crippen MR) is 56.9 cm³/mol. The molecule has 5 heteroatoms. The summed E-state index contributed by atoms with van der Waals surface area (Å²) in [6.45, 7) is 7.97. The summed E-state index contributed by atoms with van der Waals surface area (Å²) in [6, 6.07) is 0. The highest BCUT2D eigenvalue weighted by Gasteiger charge is 2.13. The lowest BCUT2D eigenvalue weighted by atomic mass is 10.1. The molecule has 5 nitrogen and oxygen atoms in total. The van der Waals surface area contributed by atoms with E-state index in [1.165, 1.54) is 0 Å². The quantitative estimate of drug-likeness (QED) is 0.267. The van der Waals surface area contributed by atoms with Gasteiger partial charge in [0, 0.05) is 5.69 Å². The van der Waals surface area contributed by atoms with Crippen molar-refractivity contribution in [1.82, 2.24) is 15.6 Å². The number of aryl methyl sites for hydroxylation is 1. The number of aromatic nitrogens is 2. The van der Waals surface area contributed by atoms with Gasteiger partial charge in [0.25, 0.3) is 0 Å². The largest absolute Gasteiger partial charge is 0.308 e. The first-order valence-electron chi connectivity index (χ1n) is 4.51. The van der Waals surface area contributed by atoms with Crippen molar-refractivity contribution in [2.75, 3.05) is 0 Å². The third-order valence-electron chi connectivity index (χ3n) is 1.67. The summed E-state index contributed by atoms with van der Waals surface area (Å²) in [6.07, 6.45) is 1.71. The maximum Gasteiger partial charge on any atom is 0.146 e. The van der Waals surface area contributed by atoms with Gasteiger partial charge < -0.3 is 5.43 Å². The number of hydrogen-bond donors (Lipinski definition) is 3. The summed E-state index contributed by atoms with van der Waals surface area (Å²) in [5.74, 6) is 6.07. The van der Waals surface area contributed by atoms with Gasteiger partial charge in [-0.3, -0.25) is 10.1 Å². The first-order valence-corrected chi connectivity index (χ1v) is 4.51. The van der Waals surface area contributed by atoms with Crippen LogP contribution in [0.1, 0.15) is 32.0 Å². The second-order valence-electron chi connectivity index (χ2n) is 4.18.